The molecule has 0 atom stereocenters. The van der Waals surface area contributed by atoms with Crippen LogP contribution < -0.4 is 0 Å². The molecule has 0 unspecified atom stereocenters. The average molecular weight is 246 g/mol. The molecule has 0 aliphatic heterocycles. The lowest BCUT2D eigenvalue weighted by Crippen LogP contribution is -2.05. The first kappa shape index (κ1) is 13.0. The number of aliphatic carboxylic acids is 1. The van der Waals surface area contributed by atoms with E-state index in [2.05, 4.69) is 11.8 Å². The predicted molar refractivity (Wildman–Crippen MR) is 50.5 cm³/mol. The fraction of sp³-hybridized carbons (Fsp3) is 0.182. The van der Waals surface area contributed by atoms with Gasteiger partial charge in [-0.3, -0.25) is 4.79 Å². The number of benzene rings is 1. The molecule has 0 saturated heterocycles. The Hall–Kier alpha value is -2.03. The summed E-state index contributed by atoms with van der Waals surface area (Å²) in [5.74, 6) is 1.96. The van der Waals surface area contributed by atoms with Gasteiger partial charge in [0.1, 0.15) is 12.2 Å². The van der Waals surface area contributed by atoms with E-state index >= 15 is 0 Å². The van der Waals surface area contributed by atoms with Crippen molar-refractivity contribution in [2.45, 2.75) is 12.6 Å². The van der Waals surface area contributed by atoms with Gasteiger partial charge in [-0.25, -0.2) is 4.39 Å². The normalized spacial score (nSPS) is 10.6. The van der Waals surface area contributed by atoms with Gasteiger partial charge in [-0.1, -0.05) is 11.8 Å². The van der Waals surface area contributed by atoms with Crippen LogP contribution in [0.3, 0.4) is 0 Å². The highest BCUT2D eigenvalue weighted by Gasteiger charge is 2.30. The Morgan fingerprint density at radius 3 is 2.53 bits per heavy atom. The summed E-state index contributed by atoms with van der Waals surface area (Å²) < 4.78 is 49.9. The molecule has 1 N–H and O–H groups in total. The molecule has 0 bridgehead atoms. The van der Waals surface area contributed by atoms with Crippen molar-refractivity contribution in [3.8, 4) is 11.8 Å². The summed E-state index contributed by atoms with van der Waals surface area (Å²) in [5, 5.41) is 8.27. The Morgan fingerprint density at radius 1 is 1.35 bits per heavy atom. The van der Waals surface area contributed by atoms with Crippen molar-refractivity contribution in [1.82, 2.24) is 0 Å². The summed E-state index contributed by atoms with van der Waals surface area (Å²) >= 11 is 0. The molecule has 1 aromatic carbocycles. The lowest BCUT2D eigenvalue weighted by Gasteiger charge is -2.06. The van der Waals surface area contributed by atoms with E-state index in [4.69, 9.17) is 5.11 Å². The molecule has 6 heteroatoms. The van der Waals surface area contributed by atoms with Crippen LogP contribution in [0.4, 0.5) is 17.6 Å². The second kappa shape index (κ2) is 4.87. The van der Waals surface area contributed by atoms with E-state index in [0.717, 1.165) is 0 Å². The topological polar surface area (TPSA) is 37.3 Å². The number of carboxylic acid groups (broad SMARTS) is 1. The molecule has 1 rings (SSSR count). The first-order valence-corrected chi connectivity index (χ1v) is 4.38. The molecule has 0 fully saturated rings. The van der Waals surface area contributed by atoms with Crippen LogP contribution in [0.15, 0.2) is 18.2 Å². The second-order valence-corrected chi connectivity index (χ2v) is 3.06. The standard InChI is InChI=1S/C11H6F4O2/c12-9-5-4-8(11(13,14)15)6-7(9)2-1-3-10(16)17/h4-6H,3H2,(H,16,17). The van der Waals surface area contributed by atoms with Crippen LogP contribution >= 0.6 is 0 Å². The Balaban J connectivity index is 3.06. The Bertz CT molecular complexity index is 494. The van der Waals surface area contributed by atoms with Crippen molar-refractivity contribution in [3.05, 3.63) is 35.1 Å². The Kier molecular flexibility index (Phi) is 3.73. The number of hydrogen-bond acceptors (Lipinski definition) is 1. The molecule has 0 amide bonds. The summed E-state index contributed by atoms with van der Waals surface area (Å²) in [5.41, 5.74) is -1.50. The van der Waals surface area contributed by atoms with Crippen molar-refractivity contribution in [2.24, 2.45) is 0 Å². The average Bonchev–Trinajstić information content (AvgIpc) is 2.18. The summed E-state index contributed by atoms with van der Waals surface area (Å²) in [6.07, 6.45) is -5.15. The molecule has 0 aromatic heterocycles. The van der Waals surface area contributed by atoms with Crippen molar-refractivity contribution in [2.75, 3.05) is 0 Å². The molecule has 0 saturated carbocycles. The highest BCUT2D eigenvalue weighted by atomic mass is 19.4. The van der Waals surface area contributed by atoms with E-state index in [1.54, 1.807) is 0 Å². The van der Waals surface area contributed by atoms with Gasteiger partial charge in [-0.15, -0.1) is 0 Å². The number of alkyl halides is 3. The maximum Gasteiger partial charge on any atom is 0.416 e. The first-order valence-electron chi connectivity index (χ1n) is 4.38. The second-order valence-electron chi connectivity index (χ2n) is 3.06. The molecule has 0 aliphatic carbocycles. The molecular weight excluding hydrogens is 240 g/mol. The third-order valence-corrected chi connectivity index (χ3v) is 1.76. The van der Waals surface area contributed by atoms with Crippen LogP contribution in [0.1, 0.15) is 17.5 Å². The van der Waals surface area contributed by atoms with Gasteiger partial charge < -0.3 is 5.11 Å². The SMILES string of the molecule is O=C(O)CC#Cc1cc(C(F)(F)F)ccc1F. The monoisotopic (exact) mass is 246 g/mol. The molecule has 0 spiro atoms. The van der Waals surface area contributed by atoms with Gasteiger partial charge >= 0.3 is 12.1 Å². The zero-order valence-corrected chi connectivity index (χ0v) is 8.31. The minimum Gasteiger partial charge on any atom is -0.481 e. The number of carbonyl (C=O) groups is 1. The number of rotatable bonds is 1. The predicted octanol–water partition coefficient (Wildman–Crippen LogP) is 2.67. The maximum atomic E-state index is 13.1. The van der Waals surface area contributed by atoms with Gasteiger partial charge in [0.2, 0.25) is 0 Å². The first-order chi connectivity index (χ1) is 7.80. The molecule has 90 valence electrons. The number of halogens is 4. The van der Waals surface area contributed by atoms with Crippen LogP contribution in [0.25, 0.3) is 0 Å². The van der Waals surface area contributed by atoms with E-state index in [0.29, 0.717) is 18.2 Å². The summed E-state index contributed by atoms with van der Waals surface area (Å²) in [6, 6.07) is 1.79. The van der Waals surface area contributed by atoms with Crippen LogP contribution in [-0.2, 0) is 11.0 Å². The largest absolute Gasteiger partial charge is 0.481 e. The number of hydrogen-bond donors (Lipinski definition) is 1. The van der Waals surface area contributed by atoms with Crippen LogP contribution in [0.2, 0.25) is 0 Å². The zero-order valence-electron chi connectivity index (χ0n) is 8.31. The summed E-state index contributed by atoms with van der Waals surface area (Å²) in [4.78, 5) is 10.1. The van der Waals surface area contributed by atoms with Crippen molar-refractivity contribution in [3.63, 3.8) is 0 Å². The highest BCUT2D eigenvalue weighted by Crippen LogP contribution is 2.30. The Morgan fingerprint density at radius 2 is 2.00 bits per heavy atom. The van der Waals surface area contributed by atoms with Gasteiger partial charge in [0.25, 0.3) is 0 Å². The van der Waals surface area contributed by atoms with Crippen LogP contribution in [0.5, 0.6) is 0 Å². The molecule has 2 nitrogen and oxygen atoms in total. The minimum absolute atomic E-state index is 0.471. The smallest absolute Gasteiger partial charge is 0.416 e. The third-order valence-electron chi connectivity index (χ3n) is 1.76. The summed E-state index contributed by atoms with van der Waals surface area (Å²) in [6.45, 7) is 0. The molecule has 0 radical (unpaired) electrons. The lowest BCUT2D eigenvalue weighted by molar-refractivity contribution is -0.138. The van der Waals surface area contributed by atoms with E-state index in [9.17, 15) is 22.4 Å². The minimum atomic E-state index is -4.59. The molecule has 1 aromatic rings. The third kappa shape index (κ3) is 3.79. The van der Waals surface area contributed by atoms with Crippen LogP contribution in [-0.4, -0.2) is 11.1 Å². The van der Waals surface area contributed by atoms with Crippen molar-refractivity contribution < 1.29 is 27.5 Å². The fourth-order valence-electron chi connectivity index (χ4n) is 1.01. The highest BCUT2D eigenvalue weighted by molar-refractivity contribution is 5.70. The quantitative estimate of drug-likeness (QED) is 0.611. The molecule has 0 heterocycles. The molecule has 17 heavy (non-hydrogen) atoms. The van der Waals surface area contributed by atoms with E-state index in [1.807, 2.05) is 0 Å². The Labute approximate surface area is 93.9 Å². The van der Waals surface area contributed by atoms with Gasteiger partial charge in [-0.05, 0) is 18.2 Å². The zero-order chi connectivity index (χ0) is 13.1. The fourth-order valence-corrected chi connectivity index (χ4v) is 1.01. The lowest BCUT2D eigenvalue weighted by atomic mass is 10.1. The van der Waals surface area contributed by atoms with E-state index in [-0.39, 0.29) is 0 Å². The van der Waals surface area contributed by atoms with E-state index in [1.165, 1.54) is 0 Å². The van der Waals surface area contributed by atoms with Gasteiger partial charge in [0.05, 0.1) is 11.1 Å². The van der Waals surface area contributed by atoms with Crippen molar-refractivity contribution >= 4 is 5.97 Å². The van der Waals surface area contributed by atoms with E-state index < -0.39 is 35.5 Å². The maximum absolute atomic E-state index is 13.1. The number of carboxylic acids is 1. The van der Waals surface area contributed by atoms with Gasteiger partial charge in [0, 0.05) is 0 Å². The van der Waals surface area contributed by atoms with Crippen molar-refractivity contribution in [1.29, 1.82) is 0 Å². The van der Waals surface area contributed by atoms with Gasteiger partial charge in [0.15, 0.2) is 0 Å². The molecular formula is C11H6F4O2. The molecule has 0 aliphatic rings. The van der Waals surface area contributed by atoms with Gasteiger partial charge in [-0.2, -0.15) is 13.2 Å². The van der Waals surface area contributed by atoms with Crippen LogP contribution in [0, 0.1) is 17.7 Å². The summed E-state index contributed by atoms with van der Waals surface area (Å²) in [7, 11) is 0.